The van der Waals surface area contributed by atoms with E-state index in [0.29, 0.717) is 29.1 Å². The van der Waals surface area contributed by atoms with Crippen LogP contribution in [0.15, 0.2) is 23.1 Å². The Kier molecular flexibility index (Phi) is 4.11. The van der Waals surface area contributed by atoms with Crippen molar-refractivity contribution in [1.82, 2.24) is 10.3 Å². The normalized spacial score (nSPS) is 14.8. The molecule has 0 radical (unpaired) electrons. The van der Waals surface area contributed by atoms with Gasteiger partial charge in [0.05, 0.1) is 10.6 Å². The van der Waals surface area contributed by atoms with Crippen LogP contribution in [0.1, 0.15) is 32.9 Å². The Morgan fingerprint density at radius 3 is 2.87 bits per heavy atom. The molecule has 23 heavy (non-hydrogen) atoms. The van der Waals surface area contributed by atoms with E-state index in [-0.39, 0.29) is 15.9 Å². The van der Waals surface area contributed by atoms with Gasteiger partial charge in [-0.2, -0.15) is 0 Å². The maximum atomic E-state index is 12.6. The summed E-state index contributed by atoms with van der Waals surface area (Å²) in [5.41, 5.74) is 2.19. The minimum Gasteiger partial charge on any atom is -0.351 e. The van der Waals surface area contributed by atoms with E-state index < -0.39 is 10.0 Å². The highest BCUT2D eigenvalue weighted by atomic mass is 32.2. The number of fused-ring (bicyclic) bond motifs is 1. The number of carbonyl (C=O) groups excluding carboxylic acids is 1. The van der Waals surface area contributed by atoms with Crippen LogP contribution < -0.4 is 10.0 Å². The van der Waals surface area contributed by atoms with Gasteiger partial charge in [-0.25, -0.2) is 13.4 Å². The van der Waals surface area contributed by atoms with Crippen LogP contribution in [0.25, 0.3) is 0 Å². The van der Waals surface area contributed by atoms with Crippen LogP contribution in [-0.2, 0) is 16.4 Å². The minimum atomic E-state index is -3.73. The van der Waals surface area contributed by atoms with Gasteiger partial charge in [-0.1, -0.05) is 23.5 Å². The number of rotatable bonds is 3. The molecular formula is C15H17N3O3S2. The summed E-state index contributed by atoms with van der Waals surface area (Å²) in [6.45, 7) is 4.21. The van der Waals surface area contributed by atoms with Crippen LogP contribution >= 0.6 is 11.3 Å². The molecular weight excluding hydrogens is 334 g/mol. The van der Waals surface area contributed by atoms with Crippen LogP contribution in [0, 0.1) is 13.8 Å². The first-order valence-corrected chi connectivity index (χ1v) is 9.55. The summed E-state index contributed by atoms with van der Waals surface area (Å²) < 4.78 is 27.7. The Balaban J connectivity index is 1.94. The van der Waals surface area contributed by atoms with Crippen molar-refractivity contribution < 1.29 is 13.2 Å². The van der Waals surface area contributed by atoms with Crippen LogP contribution in [-0.4, -0.2) is 25.9 Å². The molecule has 1 aromatic heterocycles. The lowest BCUT2D eigenvalue weighted by atomic mass is 10.2. The number of carbonyl (C=O) groups is 1. The fraction of sp³-hybridized carbons (Fsp3) is 0.333. The van der Waals surface area contributed by atoms with Crippen LogP contribution in [0.5, 0.6) is 0 Å². The summed E-state index contributed by atoms with van der Waals surface area (Å²) in [5.74, 6) is -0.188. The number of nitrogens with zero attached hydrogens (tertiary/aromatic N) is 1. The lowest BCUT2D eigenvalue weighted by Crippen LogP contribution is -2.21. The molecule has 2 N–H and O–H groups in total. The molecule has 0 aliphatic carbocycles. The predicted octanol–water partition coefficient (Wildman–Crippen LogP) is 2.24. The molecule has 2 heterocycles. The molecule has 1 aliphatic heterocycles. The fourth-order valence-electron chi connectivity index (χ4n) is 2.45. The van der Waals surface area contributed by atoms with Gasteiger partial charge in [0.1, 0.15) is 4.88 Å². The zero-order chi connectivity index (χ0) is 16.6. The van der Waals surface area contributed by atoms with Crippen molar-refractivity contribution >= 4 is 32.4 Å². The molecule has 0 unspecified atom stereocenters. The number of anilines is 1. The van der Waals surface area contributed by atoms with Crippen molar-refractivity contribution in [2.24, 2.45) is 0 Å². The van der Waals surface area contributed by atoms with Gasteiger partial charge in [0.2, 0.25) is 0 Å². The van der Waals surface area contributed by atoms with E-state index in [2.05, 4.69) is 15.0 Å². The van der Waals surface area contributed by atoms with Gasteiger partial charge >= 0.3 is 0 Å². The molecule has 1 amide bonds. The van der Waals surface area contributed by atoms with Crippen molar-refractivity contribution in [3.8, 4) is 0 Å². The zero-order valence-electron chi connectivity index (χ0n) is 12.8. The molecule has 1 aromatic carbocycles. The molecule has 3 rings (SSSR count). The predicted molar refractivity (Wildman–Crippen MR) is 89.5 cm³/mol. The molecule has 122 valence electrons. The van der Waals surface area contributed by atoms with E-state index in [1.54, 1.807) is 19.1 Å². The number of sulfonamides is 1. The molecule has 0 spiro atoms. The van der Waals surface area contributed by atoms with Crippen molar-refractivity contribution in [3.63, 3.8) is 0 Å². The van der Waals surface area contributed by atoms with Crippen LogP contribution in [0.2, 0.25) is 0 Å². The van der Waals surface area contributed by atoms with Crippen LogP contribution in [0.3, 0.4) is 0 Å². The third-order valence-electron chi connectivity index (χ3n) is 3.63. The van der Waals surface area contributed by atoms with E-state index in [0.717, 1.165) is 23.3 Å². The van der Waals surface area contributed by atoms with Crippen molar-refractivity contribution in [3.05, 3.63) is 39.9 Å². The number of hydrogen-bond donors (Lipinski definition) is 2. The third kappa shape index (κ3) is 3.23. The number of nitrogens with one attached hydrogen (secondary N) is 2. The van der Waals surface area contributed by atoms with E-state index >= 15 is 0 Å². The second-order valence-electron chi connectivity index (χ2n) is 5.53. The highest BCUT2D eigenvalue weighted by Crippen LogP contribution is 2.28. The summed E-state index contributed by atoms with van der Waals surface area (Å²) in [6.07, 6.45) is 1.46. The molecule has 0 saturated heterocycles. The second-order valence-corrected chi connectivity index (χ2v) is 8.18. The van der Waals surface area contributed by atoms with E-state index in [9.17, 15) is 13.2 Å². The average Bonchev–Trinajstić information content (AvgIpc) is 2.80. The number of benzene rings is 1. The van der Waals surface area contributed by atoms with E-state index in [1.165, 1.54) is 0 Å². The minimum absolute atomic E-state index is 0.188. The molecule has 6 nitrogen and oxygen atoms in total. The first-order valence-electron chi connectivity index (χ1n) is 7.25. The van der Waals surface area contributed by atoms with Crippen molar-refractivity contribution in [1.29, 1.82) is 0 Å². The van der Waals surface area contributed by atoms with E-state index in [4.69, 9.17) is 0 Å². The summed E-state index contributed by atoms with van der Waals surface area (Å²) in [5, 5.41) is 3.01. The third-order valence-corrected chi connectivity index (χ3v) is 6.26. The highest BCUT2D eigenvalue weighted by Gasteiger charge is 2.24. The number of hydrogen-bond acceptors (Lipinski definition) is 5. The summed E-state index contributed by atoms with van der Waals surface area (Å²) >= 11 is 1.07. The Bertz CT molecular complexity index is 872. The van der Waals surface area contributed by atoms with Crippen molar-refractivity contribution in [2.75, 3.05) is 11.3 Å². The number of aryl methyl sites for hydroxylation is 3. The number of aromatic nitrogens is 1. The van der Waals surface area contributed by atoms with Crippen molar-refractivity contribution in [2.45, 2.75) is 31.6 Å². The van der Waals surface area contributed by atoms with Gasteiger partial charge in [0, 0.05) is 6.54 Å². The largest absolute Gasteiger partial charge is 0.351 e. The maximum Gasteiger partial charge on any atom is 0.263 e. The topological polar surface area (TPSA) is 88.2 Å². The fourth-order valence-corrected chi connectivity index (χ4v) is 4.94. The SMILES string of the molecule is Cc1ccc(C)c(S(=O)(=O)Nc2nc3c(s2)C(=O)NCCC3)c1. The summed E-state index contributed by atoms with van der Waals surface area (Å²) in [4.78, 5) is 16.9. The zero-order valence-corrected chi connectivity index (χ0v) is 14.5. The molecule has 8 heteroatoms. The van der Waals surface area contributed by atoms with Gasteiger partial charge in [-0.3, -0.25) is 9.52 Å². The Morgan fingerprint density at radius 1 is 1.30 bits per heavy atom. The maximum absolute atomic E-state index is 12.6. The monoisotopic (exact) mass is 351 g/mol. The molecule has 2 aromatic rings. The Morgan fingerprint density at radius 2 is 2.09 bits per heavy atom. The second kappa shape index (κ2) is 5.93. The lowest BCUT2D eigenvalue weighted by molar-refractivity contribution is 0.0960. The van der Waals surface area contributed by atoms with E-state index in [1.807, 2.05) is 13.0 Å². The molecule has 0 saturated carbocycles. The summed E-state index contributed by atoms with van der Waals surface area (Å²) in [6, 6.07) is 5.27. The number of amides is 1. The van der Waals surface area contributed by atoms with Gasteiger partial charge in [-0.15, -0.1) is 0 Å². The Hall–Kier alpha value is -1.93. The first kappa shape index (κ1) is 15.9. The van der Waals surface area contributed by atoms with Gasteiger partial charge in [0.15, 0.2) is 5.13 Å². The van der Waals surface area contributed by atoms with Gasteiger partial charge < -0.3 is 5.32 Å². The molecule has 1 aliphatic rings. The number of thiazole rings is 1. The van der Waals surface area contributed by atoms with Gasteiger partial charge in [0.25, 0.3) is 15.9 Å². The highest BCUT2D eigenvalue weighted by molar-refractivity contribution is 7.93. The standard InChI is InChI=1S/C15H17N3O3S2/c1-9-5-6-10(2)12(8-9)23(20,21)18-15-17-11-4-3-7-16-14(19)13(11)22-15/h5-6,8H,3-4,7H2,1-2H3,(H,16,19)(H,17,18). The first-order chi connectivity index (χ1) is 10.9. The average molecular weight is 351 g/mol. The van der Waals surface area contributed by atoms with Gasteiger partial charge in [-0.05, 0) is 43.9 Å². The summed E-state index contributed by atoms with van der Waals surface area (Å²) in [7, 11) is -3.73. The quantitative estimate of drug-likeness (QED) is 0.888. The molecule has 0 atom stereocenters. The smallest absolute Gasteiger partial charge is 0.263 e. The Labute approximate surface area is 139 Å². The molecule has 0 bridgehead atoms. The lowest BCUT2D eigenvalue weighted by Gasteiger charge is -2.09. The molecule has 0 fully saturated rings. The van der Waals surface area contributed by atoms with Crippen LogP contribution in [0.4, 0.5) is 5.13 Å².